The van der Waals surface area contributed by atoms with Crippen molar-refractivity contribution in [1.82, 2.24) is 5.32 Å². The van der Waals surface area contributed by atoms with E-state index in [2.05, 4.69) is 36.8 Å². The van der Waals surface area contributed by atoms with Gasteiger partial charge in [0.1, 0.15) is 0 Å². The minimum Gasteiger partial charge on any atom is -0.384 e. The van der Waals surface area contributed by atoms with E-state index in [9.17, 15) is 4.79 Å². The zero-order chi connectivity index (χ0) is 25.4. The number of rotatable bonds is 24. The van der Waals surface area contributed by atoms with Crippen molar-refractivity contribution in [2.24, 2.45) is 0 Å². The van der Waals surface area contributed by atoms with Crippen LogP contribution in [0.25, 0.3) is 0 Å². The lowest BCUT2D eigenvalue weighted by atomic mass is 10.0. The lowest BCUT2D eigenvalue weighted by Gasteiger charge is -2.13. The molecule has 0 bridgehead atoms. The van der Waals surface area contributed by atoms with E-state index < -0.39 is 0 Å². The Morgan fingerprint density at radius 2 is 1.31 bits per heavy atom. The van der Waals surface area contributed by atoms with Crippen LogP contribution in [0, 0.1) is 0 Å². The van der Waals surface area contributed by atoms with Crippen LogP contribution < -0.4 is 10.6 Å². The van der Waals surface area contributed by atoms with Crippen LogP contribution in [-0.4, -0.2) is 36.8 Å². The molecule has 0 aromatic heterocycles. The average Bonchev–Trinajstić information content (AvgIpc) is 2.87. The van der Waals surface area contributed by atoms with Gasteiger partial charge in [-0.05, 0) is 48.8 Å². The fourth-order valence-corrected chi connectivity index (χ4v) is 5.53. The van der Waals surface area contributed by atoms with Crippen LogP contribution in [0.4, 0.5) is 5.69 Å². The number of hydrogen-bond acceptors (Lipinski definition) is 4. The maximum absolute atomic E-state index is 12.5. The van der Waals surface area contributed by atoms with Gasteiger partial charge in [0.05, 0.1) is 0 Å². The number of amides is 1. The molecule has 0 atom stereocenters. The van der Waals surface area contributed by atoms with Crippen LogP contribution >= 0.6 is 23.5 Å². The summed E-state index contributed by atoms with van der Waals surface area (Å²) in [6.07, 6.45) is 24.0. The molecule has 1 amide bonds. The Bertz CT molecular complexity index is 639. The molecular weight excluding hydrogens is 468 g/mol. The van der Waals surface area contributed by atoms with Gasteiger partial charge < -0.3 is 10.6 Å². The third kappa shape index (κ3) is 17.3. The molecule has 0 aliphatic carbocycles. The Kier molecular flexibility index (Phi) is 21.7. The van der Waals surface area contributed by atoms with Crippen LogP contribution in [0.2, 0.25) is 0 Å². The van der Waals surface area contributed by atoms with Crippen molar-refractivity contribution in [3.8, 4) is 0 Å². The van der Waals surface area contributed by atoms with E-state index in [4.69, 9.17) is 0 Å². The molecule has 1 rings (SSSR count). The van der Waals surface area contributed by atoms with Crippen LogP contribution in [0.15, 0.2) is 23.1 Å². The zero-order valence-corrected chi connectivity index (χ0v) is 24.7. The van der Waals surface area contributed by atoms with Gasteiger partial charge in [0, 0.05) is 29.2 Å². The quantitative estimate of drug-likeness (QED) is 0.105. The molecule has 0 heterocycles. The molecule has 1 aromatic rings. The van der Waals surface area contributed by atoms with E-state index in [1.54, 1.807) is 0 Å². The largest absolute Gasteiger partial charge is 0.384 e. The van der Waals surface area contributed by atoms with Gasteiger partial charge in [0.25, 0.3) is 5.91 Å². The Morgan fingerprint density at radius 3 is 1.86 bits per heavy atom. The molecule has 0 spiro atoms. The van der Waals surface area contributed by atoms with E-state index >= 15 is 0 Å². The highest BCUT2D eigenvalue weighted by atomic mass is 32.2. The van der Waals surface area contributed by atoms with Gasteiger partial charge in [0.2, 0.25) is 0 Å². The highest BCUT2D eigenvalue weighted by Crippen LogP contribution is 2.28. The third-order valence-electron chi connectivity index (χ3n) is 6.45. The van der Waals surface area contributed by atoms with Crippen LogP contribution in [0.1, 0.15) is 127 Å². The first kappa shape index (κ1) is 32.2. The van der Waals surface area contributed by atoms with Gasteiger partial charge in [-0.2, -0.15) is 11.8 Å². The number of carbonyl (C=O) groups is 1. The first-order chi connectivity index (χ1) is 17.2. The summed E-state index contributed by atoms with van der Waals surface area (Å²) in [5, 5.41) is 6.66. The monoisotopic (exact) mass is 522 g/mol. The third-order valence-corrected chi connectivity index (χ3v) is 8.10. The molecule has 3 nitrogen and oxygen atoms in total. The van der Waals surface area contributed by atoms with Crippen molar-refractivity contribution in [3.05, 3.63) is 23.8 Å². The van der Waals surface area contributed by atoms with Crippen LogP contribution in [-0.2, 0) is 0 Å². The average molecular weight is 523 g/mol. The maximum atomic E-state index is 12.5. The second-order valence-electron chi connectivity index (χ2n) is 9.62. The van der Waals surface area contributed by atoms with Gasteiger partial charge in [-0.25, -0.2) is 0 Å². The number of thioether (sulfide) groups is 2. The molecule has 0 unspecified atom stereocenters. The molecule has 2 N–H and O–H groups in total. The molecule has 0 aliphatic rings. The molecule has 202 valence electrons. The Hall–Kier alpha value is -0.810. The summed E-state index contributed by atoms with van der Waals surface area (Å²) in [6.45, 7) is 6.19. The molecule has 0 radical (unpaired) electrons. The Labute approximate surface area is 226 Å². The standard InChI is InChI=1S/C30H54N2OS2/c1-4-6-7-8-9-10-11-12-13-14-15-16-17-18-19-23-31-28-26-27(21-22-29(28)35-5-2)30(33)32-24-20-25-34-3/h21-22,26,31H,4-20,23-25H2,1-3H3,(H,32,33). The number of hydrogen-bond donors (Lipinski definition) is 2. The summed E-state index contributed by atoms with van der Waals surface area (Å²) in [7, 11) is 0. The van der Waals surface area contributed by atoms with Gasteiger partial charge >= 0.3 is 0 Å². The second-order valence-corrected chi connectivity index (χ2v) is 11.9. The van der Waals surface area contributed by atoms with E-state index in [-0.39, 0.29) is 5.91 Å². The smallest absolute Gasteiger partial charge is 0.251 e. The summed E-state index contributed by atoms with van der Waals surface area (Å²) in [6, 6.07) is 6.09. The van der Waals surface area contributed by atoms with Crippen LogP contribution in [0.3, 0.4) is 0 Å². The molecule has 35 heavy (non-hydrogen) atoms. The fourth-order valence-electron chi connectivity index (χ4n) is 4.33. The van der Waals surface area contributed by atoms with Crippen molar-refractivity contribution >= 4 is 35.1 Å². The van der Waals surface area contributed by atoms with Crippen molar-refractivity contribution in [2.45, 2.75) is 121 Å². The number of benzene rings is 1. The number of carbonyl (C=O) groups excluding carboxylic acids is 1. The van der Waals surface area contributed by atoms with E-state index in [1.165, 1.54) is 101 Å². The summed E-state index contributed by atoms with van der Waals surface area (Å²) in [5.74, 6) is 2.15. The summed E-state index contributed by atoms with van der Waals surface area (Å²) in [5.41, 5.74) is 1.87. The zero-order valence-electron chi connectivity index (χ0n) is 23.1. The lowest BCUT2D eigenvalue weighted by Crippen LogP contribution is -2.24. The van der Waals surface area contributed by atoms with Gasteiger partial charge in [-0.1, -0.05) is 104 Å². The highest BCUT2D eigenvalue weighted by molar-refractivity contribution is 7.99. The SMILES string of the molecule is CCCCCCCCCCCCCCCCCNc1cc(C(=O)NCCCSC)ccc1SCC. The first-order valence-electron chi connectivity index (χ1n) is 14.5. The molecule has 1 aromatic carbocycles. The highest BCUT2D eigenvalue weighted by Gasteiger charge is 2.09. The van der Waals surface area contributed by atoms with E-state index in [1.807, 2.05) is 35.7 Å². The minimum atomic E-state index is 0.0363. The number of unbranched alkanes of at least 4 members (excludes halogenated alkanes) is 14. The summed E-state index contributed by atoms with van der Waals surface area (Å²) < 4.78 is 0. The maximum Gasteiger partial charge on any atom is 0.251 e. The molecule has 0 saturated heterocycles. The Balaban J connectivity index is 2.14. The second kappa shape index (κ2) is 23.6. The Morgan fingerprint density at radius 1 is 0.743 bits per heavy atom. The number of nitrogens with one attached hydrogen (secondary N) is 2. The molecule has 5 heteroatoms. The predicted octanol–water partition coefficient (Wildman–Crippen LogP) is 9.56. The fraction of sp³-hybridized carbons (Fsp3) is 0.767. The van der Waals surface area contributed by atoms with Crippen LogP contribution in [0.5, 0.6) is 0 Å². The van der Waals surface area contributed by atoms with Gasteiger partial charge in [-0.3, -0.25) is 4.79 Å². The normalized spacial score (nSPS) is 11.1. The van der Waals surface area contributed by atoms with E-state index in [0.717, 1.165) is 42.3 Å². The van der Waals surface area contributed by atoms with Crippen molar-refractivity contribution in [2.75, 3.05) is 36.2 Å². The predicted molar refractivity (Wildman–Crippen MR) is 162 cm³/mol. The molecule has 0 aliphatic heterocycles. The topological polar surface area (TPSA) is 41.1 Å². The summed E-state index contributed by atoms with van der Waals surface area (Å²) in [4.78, 5) is 13.7. The lowest BCUT2D eigenvalue weighted by molar-refractivity contribution is 0.0954. The molecule has 0 saturated carbocycles. The first-order valence-corrected chi connectivity index (χ1v) is 16.9. The number of anilines is 1. The summed E-state index contributed by atoms with van der Waals surface area (Å²) >= 11 is 3.66. The molecule has 0 fully saturated rings. The van der Waals surface area contributed by atoms with Crippen molar-refractivity contribution in [3.63, 3.8) is 0 Å². The van der Waals surface area contributed by atoms with Crippen molar-refractivity contribution < 1.29 is 4.79 Å². The molecular formula is C30H54N2OS2. The minimum absolute atomic E-state index is 0.0363. The van der Waals surface area contributed by atoms with Crippen molar-refractivity contribution in [1.29, 1.82) is 0 Å². The van der Waals surface area contributed by atoms with Gasteiger partial charge in [0.15, 0.2) is 0 Å². The van der Waals surface area contributed by atoms with Gasteiger partial charge in [-0.15, -0.1) is 11.8 Å². The van der Waals surface area contributed by atoms with E-state index in [0.29, 0.717) is 0 Å².